The van der Waals surface area contributed by atoms with Gasteiger partial charge in [-0.1, -0.05) is 0 Å². The first-order chi connectivity index (χ1) is 7.16. The second kappa shape index (κ2) is 3.98. The molecule has 15 heavy (non-hydrogen) atoms. The van der Waals surface area contributed by atoms with Gasteiger partial charge in [0.2, 0.25) is 6.79 Å². The SMILES string of the molecule is CC(N)C(C)Oc1ccc2c(c1)OCO2. The van der Waals surface area contributed by atoms with Crippen molar-refractivity contribution >= 4 is 0 Å². The highest BCUT2D eigenvalue weighted by molar-refractivity contribution is 5.46. The lowest BCUT2D eigenvalue weighted by atomic mass is 10.2. The molecule has 0 aromatic heterocycles. The van der Waals surface area contributed by atoms with E-state index >= 15 is 0 Å². The Morgan fingerprint density at radius 3 is 2.73 bits per heavy atom. The maximum absolute atomic E-state index is 5.72. The third-order valence-corrected chi connectivity index (χ3v) is 2.41. The lowest BCUT2D eigenvalue weighted by Gasteiger charge is -2.17. The van der Waals surface area contributed by atoms with Crippen LogP contribution in [0.1, 0.15) is 13.8 Å². The molecular formula is C11H15NO3. The van der Waals surface area contributed by atoms with Crippen LogP contribution in [0, 0.1) is 0 Å². The molecule has 1 aromatic carbocycles. The van der Waals surface area contributed by atoms with Crippen LogP contribution in [-0.2, 0) is 0 Å². The van der Waals surface area contributed by atoms with E-state index in [1.165, 1.54) is 0 Å². The van der Waals surface area contributed by atoms with Crippen molar-refractivity contribution in [1.82, 2.24) is 0 Å². The van der Waals surface area contributed by atoms with Crippen LogP contribution in [0.3, 0.4) is 0 Å². The molecule has 0 saturated heterocycles. The number of hydrogen-bond donors (Lipinski definition) is 1. The Bertz CT molecular complexity index is 352. The topological polar surface area (TPSA) is 53.7 Å². The van der Waals surface area contributed by atoms with Gasteiger partial charge in [-0.05, 0) is 26.0 Å². The summed E-state index contributed by atoms with van der Waals surface area (Å²) >= 11 is 0. The first kappa shape index (κ1) is 10.1. The summed E-state index contributed by atoms with van der Waals surface area (Å²) in [6, 6.07) is 5.51. The number of nitrogens with two attached hydrogens (primary N) is 1. The molecule has 0 fully saturated rings. The monoisotopic (exact) mass is 209 g/mol. The number of fused-ring (bicyclic) bond motifs is 1. The first-order valence-corrected chi connectivity index (χ1v) is 4.98. The summed E-state index contributed by atoms with van der Waals surface area (Å²) in [6.45, 7) is 4.13. The van der Waals surface area contributed by atoms with Crippen molar-refractivity contribution in [1.29, 1.82) is 0 Å². The van der Waals surface area contributed by atoms with Crippen molar-refractivity contribution in [3.63, 3.8) is 0 Å². The third-order valence-electron chi connectivity index (χ3n) is 2.41. The Morgan fingerprint density at radius 2 is 2.00 bits per heavy atom. The van der Waals surface area contributed by atoms with Crippen LogP contribution in [0.2, 0.25) is 0 Å². The molecule has 0 aliphatic carbocycles. The minimum Gasteiger partial charge on any atom is -0.489 e. The van der Waals surface area contributed by atoms with Gasteiger partial charge in [-0.3, -0.25) is 0 Å². The molecular weight excluding hydrogens is 194 g/mol. The third kappa shape index (κ3) is 2.15. The van der Waals surface area contributed by atoms with Gasteiger partial charge in [-0.2, -0.15) is 0 Å². The van der Waals surface area contributed by atoms with Gasteiger partial charge in [-0.25, -0.2) is 0 Å². The zero-order chi connectivity index (χ0) is 10.8. The molecule has 1 heterocycles. The van der Waals surface area contributed by atoms with Crippen LogP contribution in [0.4, 0.5) is 0 Å². The standard InChI is InChI=1S/C11H15NO3/c1-7(12)8(2)15-9-3-4-10-11(5-9)14-6-13-10/h3-5,7-8H,6,12H2,1-2H3. The lowest BCUT2D eigenvalue weighted by molar-refractivity contribution is 0.173. The Labute approximate surface area is 88.9 Å². The maximum Gasteiger partial charge on any atom is 0.231 e. The Hall–Kier alpha value is -1.42. The van der Waals surface area contributed by atoms with Crippen LogP contribution < -0.4 is 19.9 Å². The van der Waals surface area contributed by atoms with Crippen molar-refractivity contribution in [3.05, 3.63) is 18.2 Å². The lowest BCUT2D eigenvalue weighted by Crippen LogP contribution is -2.33. The smallest absolute Gasteiger partial charge is 0.231 e. The Balaban J connectivity index is 2.10. The van der Waals surface area contributed by atoms with E-state index in [1.54, 1.807) is 0 Å². The summed E-state index contributed by atoms with van der Waals surface area (Å²) in [5.41, 5.74) is 5.72. The van der Waals surface area contributed by atoms with Crippen LogP contribution in [-0.4, -0.2) is 18.9 Å². The van der Waals surface area contributed by atoms with E-state index in [1.807, 2.05) is 32.0 Å². The normalized spacial score (nSPS) is 17.3. The highest BCUT2D eigenvalue weighted by Crippen LogP contribution is 2.35. The summed E-state index contributed by atoms with van der Waals surface area (Å²) in [4.78, 5) is 0. The van der Waals surface area contributed by atoms with Crippen LogP contribution in [0.5, 0.6) is 17.2 Å². The fraction of sp³-hybridized carbons (Fsp3) is 0.455. The highest BCUT2D eigenvalue weighted by atomic mass is 16.7. The Morgan fingerprint density at radius 1 is 1.27 bits per heavy atom. The Kier molecular flexibility index (Phi) is 2.68. The molecule has 1 aromatic rings. The highest BCUT2D eigenvalue weighted by Gasteiger charge is 2.15. The fourth-order valence-corrected chi connectivity index (χ4v) is 1.27. The van der Waals surface area contributed by atoms with Crippen molar-refractivity contribution in [2.75, 3.05) is 6.79 Å². The number of ether oxygens (including phenoxy) is 3. The predicted molar refractivity (Wildman–Crippen MR) is 56.3 cm³/mol. The van der Waals surface area contributed by atoms with E-state index in [4.69, 9.17) is 19.9 Å². The maximum atomic E-state index is 5.72. The second-order valence-electron chi connectivity index (χ2n) is 3.70. The minimum atomic E-state index is -0.0228. The summed E-state index contributed by atoms with van der Waals surface area (Å²) in [7, 11) is 0. The minimum absolute atomic E-state index is 0.00424. The molecule has 0 bridgehead atoms. The quantitative estimate of drug-likeness (QED) is 0.820. The average molecular weight is 209 g/mol. The van der Waals surface area contributed by atoms with E-state index in [0.717, 1.165) is 17.2 Å². The molecule has 0 saturated carbocycles. The average Bonchev–Trinajstić information content (AvgIpc) is 2.64. The molecule has 2 atom stereocenters. The number of benzene rings is 1. The van der Waals surface area contributed by atoms with Crippen LogP contribution in [0.15, 0.2) is 18.2 Å². The molecule has 1 aliphatic rings. The van der Waals surface area contributed by atoms with E-state index in [-0.39, 0.29) is 18.9 Å². The van der Waals surface area contributed by atoms with Crippen molar-refractivity contribution in [2.45, 2.75) is 26.0 Å². The van der Waals surface area contributed by atoms with Gasteiger partial charge in [0.15, 0.2) is 11.5 Å². The van der Waals surface area contributed by atoms with E-state index in [0.29, 0.717) is 0 Å². The molecule has 0 amide bonds. The number of hydrogen-bond acceptors (Lipinski definition) is 4. The molecule has 4 heteroatoms. The van der Waals surface area contributed by atoms with Crippen molar-refractivity contribution < 1.29 is 14.2 Å². The molecule has 0 radical (unpaired) electrons. The van der Waals surface area contributed by atoms with Gasteiger partial charge in [0.1, 0.15) is 11.9 Å². The van der Waals surface area contributed by atoms with Crippen molar-refractivity contribution in [3.8, 4) is 17.2 Å². The largest absolute Gasteiger partial charge is 0.489 e. The fourth-order valence-electron chi connectivity index (χ4n) is 1.27. The van der Waals surface area contributed by atoms with Gasteiger partial charge in [0.05, 0.1) is 0 Å². The van der Waals surface area contributed by atoms with Gasteiger partial charge in [0, 0.05) is 12.1 Å². The van der Waals surface area contributed by atoms with Crippen molar-refractivity contribution in [2.24, 2.45) is 5.73 Å². The van der Waals surface area contributed by atoms with E-state index in [9.17, 15) is 0 Å². The van der Waals surface area contributed by atoms with E-state index in [2.05, 4.69) is 0 Å². The first-order valence-electron chi connectivity index (χ1n) is 4.98. The van der Waals surface area contributed by atoms with Gasteiger partial charge in [-0.15, -0.1) is 0 Å². The van der Waals surface area contributed by atoms with Gasteiger partial charge in [0.25, 0.3) is 0 Å². The molecule has 1 aliphatic heterocycles. The molecule has 2 rings (SSSR count). The van der Waals surface area contributed by atoms with Crippen LogP contribution in [0.25, 0.3) is 0 Å². The zero-order valence-electron chi connectivity index (χ0n) is 8.90. The zero-order valence-corrected chi connectivity index (χ0v) is 8.90. The van der Waals surface area contributed by atoms with Crippen LogP contribution >= 0.6 is 0 Å². The summed E-state index contributed by atoms with van der Waals surface area (Å²) in [5.74, 6) is 2.24. The predicted octanol–water partition coefficient (Wildman–Crippen LogP) is 1.53. The van der Waals surface area contributed by atoms with Gasteiger partial charge < -0.3 is 19.9 Å². The summed E-state index contributed by atoms with van der Waals surface area (Å²) < 4.78 is 16.1. The molecule has 4 nitrogen and oxygen atoms in total. The molecule has 2 unspecified atom stereocenters. The van der Waals surface area contributed by atoms with E-state index < -0.39 is 0 Å². The number of rotatable bonds is 3. The van der Waals surface area contributed by atoms with Gasteiger partial charge >= 0.3 is 0 Å². The molecule has 2 N–H and O–H groups in total. The molecule has 82 valence electrons. The summed E-state index contributed by atoms with van der Waals surface area (Å²) in [5, 5.41) is 0. The molecule has 0 spiro atoms. The second-order valence-corrected chi connectivity index (χ2v) is 3.70. The summed E-state index contributed by atoms with van der Waals surface area (Å²) in [6.07, 6.45) is -0.0228.